The van der Waals surface area contributed by atoms with Crippen LogP contribution in [0.15, 0.2) is 66.7 Å². The topological polar surface area (TPSA) is 124 Å². The molecule has 2 aliphatic heterocycles. The zero-order valence-electron chi connectivity index (χ0n) is 25.7. The van der Waals surface area contributed by atoms with E-state index >= 15 is 0 Å². The van der Waals surface area contributed by atoms with Crippen molar-refractivity contribution >= 4 is 33.9 Å². The van der Waals surface area contributed by atoms with Gasteiger partial charge in [-0.1, -0.05) is 58.4 Å². The van der Waals surface area contributed by atoms with Crippen molar-refractivity contribution in [2.75, 3.05) is 20.2 Å². The Morgan fingerprint density at radius 3 is 2.29 bits per heavy atom. The van der Waals surface area contributed by atoms with Crippen LogP contribution in [0, 0.1) is 22.7 Å². The SMILES string of the molecule is CC(C)(C)OC(=O)N1CC[C@@H](N2Cc3ccc(C#N)cc3C2=O)[C@H](c2ccccc2)C1.COC(=O)c1cc(C#N)ccc1CBr. The summed E-state index contributed by atoms with van der Waals surface area (Å²) in [6.45, 7) is 7.14. The molecule has 3 aromatic rings. The van der Waals surface area contributed by atoms with E-state index < -0.39 is 11.6 Å². The molecule has 232 valence electrons. The van der Waals surface area contributed by atoms with E-state index in [0.717, 1.165) is 16.7 Å². The minimum absolute atomic E-state index is 0.0174. The second-order valence-corrected chi connectivity index (χ2v) is 12.4. The summed E-state index contributed by atoms with van der Waals surface area (Å²) in [5.74, 6) is -0.475. The highest BCUT2D eigenvalue weighted by Crippen LogP contribution is 2.36. The Labute approximate surface area is 272 Å². The van der Waals surface area contributed by atoms with Crippen LogP contribution in [0.4, 0.5) is 4.79 Å². The molecule has 0 unspecified atom stereocenters. The van der Waals surface area contributed by atoms with Crippen LogP contribution in [0.1, 0.15) is 81.6 Å². The monoisotopic (exact) mass is 670 g/mol. The van der Waals surface area contributed by atoms with Crippen LogP contribution in [0.3, 0.4) is 0 Å². The molecule has 2 aliphatic rings. The molecule has 2 heterocycles. The highest BCUT2D eigenvalue weighted by Gasteiger charge is 2.41. The molecule has 1 saturated heterocycles. The van der Waals surface area contributed by atoms with E-state index in [-0.39, 0.29) is 24.0 Å². The average molecular weight is 672 g/mol. The standard InChI is InChI=1S/C25H27N3O3.C10H8BrNO2/c1-25(2,3)31-24(30)27-12-11-22(21(16-27)18-7-5-4-6-8-18)28-15-19-10-9-17(14-26)13-20(19)23(28)29;1-14-10(13)9-4-7(6-12)2-3-8(9)5-11/h4-10,13,21-22H,11-12,15-16H2,1-3H3;2-4H,5H2,1H3/t21-,22+;/m0./s1. The van der Waals surface area contributed by atoms with Crippen LogP contribution < -0.4 is 0 Å². The Kier molecular flexibility index (Phi) is 10.6. The van der Waals surface area contributed by atoms with E-state index in [1.165, 1.54) is 13.2 Å². The van der Waals surface area contributed by atoms with E-state index in [2.05, 4.69) is 38.9 Å². The van der Waals surface area contributed by atoms with Gasteiger partial charge < -0.3 is 19.3 Å². The van der Waals surface area contributed by atoms with Crippen molar-refractivity contribution in [2.45, 2.75) is 56.6 Å². The van der Waals surface area contributed by atoms with Crippen molar-refractivity contribution in [3.63, 3.8) is 0 Å². The van der Waals surface area contributed by atoms with Gasteiger partial charge in [0, 0.05) is 42.5 Å². The number of ether oxygens (including phenoxy) is 2. The first-order valence-corrected chi connectivity index (χ1v) is 15.7. The molecule has 0 aliphatic carbocycles. The minimum atomic E-state index is -0.554. The lowest BCUT2D eigenvalue weighted by atomic mass is 9.85. The van der Waals surface area contributed by atoms with Crippen LogP contribution in [-0.4, -0.2) is 59.6 Å². The van der Waals surface area contributed by atoms with E-state index in [0.29, 0.717) is 53.6 Å². The number of esters is 1. The van der Waals surface area contributed by atoms with Gasteiger partial charge in [0.15, 0.2) is 0 Å². The largest absolute Gasteiger partial charge is 0.465 e. The van der Waals surface area contributed by atoms with Gasteiger partial charge in [-0.05, 0) is 68.1 Å². The smallest absolute Gasteiger partial charge is 0.410 e. The summed E-state index contributed by atoms with van der Waals surface area (Å²) in [5, 5.41) is 18.4. The van der Waals surface area contributed by atoms with Crippen LogP contribution in [0.5, 0.6) is 0 Å². The number of halogens is 1. The summed E-state index contributed by atoms with van der Waals surface area (Å²) >= 11 is 3.26. The Hall–Kier alpha value is -4.67. The number of methoxy groups -OCH3 is 1. The molecule has 45 heavy (non-hydrogen) atoms. The quantitative estimate of drug-likeness (QED) is 0.228. The minimum Gasteiger partial charge on any atom is -0.465 e. The molecule has 0 aromatic heterocycles. The molecule has 2 atom stereocenters. The Bertz CT molecular complexity index is 1660. The van der Waals surface area contributed by atoms with E-state index in [9.17, 15) is 19.6 Å². The first-order valence-electron chi connectivity index (χ1n) is 14.5. The molecule has 1 fully saturated rings. The predicted octanol–water partition coefficient (Wildman–Crippen LogP) is 6.55. The van der Waals surface area contributed by atoms with Gasteiger partial charge >= 0.3 is 12.1 Å². The van der Waals surface area contributed by atoms with Crippen LogP contribution in [0.2, 0.25) is 0 Å². The van der Waals surface area contributed by atoms with Gasteiger partial charge in [-0.15, -0.1) is 0 Å². The lowest BCUT2D eigenvalue weighted by Gasteiger charge is -2.43. The number of piperidine rings is 1. The number of benzene rings is 3. The van der Waals surface area contributed by atoms with Crippen LogP contribution in [0.25, 0.3) is 0 Å². The highest BCUT2D eigenvalue weighted by molar-refractivity contribution is 9.08. The number of carbonyl (C=O) groups excluding carboxylic acids is 3. The first kappa shape index (κ1) is 33.2. The lowest BCUT2D eigenvalue weighted by molar-refractivity contribution is 0.0109. The van der Waals surface area contributed by atoms with Crippen molar-refractivity contribution in [3.05, 3.63) is 106 Å². The maximum absolute atomic E-state index is 13.3. The molecule has 0 N–H and O–H groups in total. The number of alkyl halides is 1. The number of amides is 2. The molecule has 9 nitrogen and oxygen atoms in total. The number of rotatable bonds is 4. The first-order chi connectivity index (χ1) is 21.5. The molecule has 0 spiro atoms. The third kappa shape index (κ3) is 7.89. The third-order valence-electron chi connectivity index (χ3n) is 7.72. The van der Waals surface area contributed by atoms with Crippen molar-refractivity contribution in [1.29, 1.82) is 10.5 Å². The normalized spacial score (nSPS) is 17.3. The molecule has 3 aromatic carbocycles. The fourth-order valence-electron chi connectivity index (χ4n) is 5.56. The number of fused-ring (bicyclic) bond motifs is 1. The summed E-state index contributed by atoms with van der Waals surface area (Å²) in [6, 6.07) is 24.3. The summed E-state index contributed by atoms with van der Waals surface area (Å²) < 4.78 is 10.2. The molecule has 0 saturated carbocycles. The summed E-state index contributed by atoms with van der Waals surface area (Å²) in [4.78, 5) is 41.0. The van der Waals surface area contributed by atoms with Gasteiger partial charge in [0.1, 0.15) is 5.60 Å². The maximum atomic E-state index is 13.3. The summed E-state index contributed by atoms with van der Waals surface area (Å²) in [6.07, 6.45) is 0.352. The van der Waals surface area contributed by atoms with Crippen LogP contribution >= 0.6 is 15.9 Å². The molecule has 10 heteroatoms. The second-order valence-electron chi connectivity index (χ2n) is 11.8. The average Bonchev–Trinajstić information content (AvgIpc) is 3.38. The highest BCUT2D eigenvalue weighted by atomic mass is 79.9. The Balaban J connectivity index is 0.000000276. The fraction of sp³-hybridized carbons (Fsp3) is 0.343. The van der Waals surface area contributed by atoms with Gasteiger partial charge in [0.25, 0.3) is 5.91 Å². The summed E-state index contributed by atoms with van der Waals surface area (Å²) in [7, 11) is 1.32. The van der Waals surface area contributed by atoms with Crippen molar-refractivity contribution in [1.82, 2.24) is 9.80 Å². The van der Waals surface area contributed by atoms with E-state index in [4.69, 9.17) is 10.00 Å². The zero-order valence-corrected chi connectivity index (χ0v) is 27.3. The van der Waals surface area contributed by atoms with Crippen molar-refractivity contribution < 1.29 is 23.9 Å². The molecular weight excluding hydrogens is 636 g/mol. The van der Waals surface area contributed by atoms with Gasteiger partial charge in [0.05, 0.1) is 35.9 Å². The predicted molar refractivity (Wildman–Crippen MR) is 172 cm³/mol. The van der Waals surface area contributed by atoms with Gasteiger partial charge in [-0.25, -0.2) is 9.59 Å². The Morgan fingerprint density at radius 1 is 1.00 bits per heavy atom. The second kappa shape index (κ2) is 14.4. The van der Waals surface area contributed by atoms with Crippen molar-refractivity contribution in [2.24, 2.45) is 0 Å². The molecule has 0 bridgehead atoms. The zero-order chi connectivity index (χ0) is 32.7. The number of hydrogen-bond acceptors (Lipinski definition) is 7. The number of likely N-dealkylation sites (tertiary alicyclic amines) is 1. The Morgan fingerprint density at radius 2 is 1.67 bits per heavy atom. The number of nitriles is 2. The molecule has 2 amide bonds. The lowest BCUT2D eigenvalue weighted by Crippen LogP contribution is -2.52. The maximum Gasteiger partial charge on any atom is 0.410 e. The molecular formula is C35H35BrN4O5. The van der Waals surface area contributed by atoms with E-state index in [1.54, 1.807) is 29.2 Å². The van der Waals surface area contributed by atoms with E-state index in [1.807, 2.05) is 56.0 Å². The van der Waals surface area contributed by atoms with Gasteiger partial charge in [0.2, 0.25) is 0 Å². The summed E-state index contributed by atoms with van der Waals surface area (Å²) in [5.41, 5.74) is 4.30. The van der Waals surface area contributed by atoms with Gasteiger partial charge in [-0.3, -0.25) is 4.79 Å². The third-order valence-corrected chi connectivity index (χ3v) is 8.32. The molecule has 0 radical (unpaired) electrons. The number of nitrogens with zero attached hydrogens (tertiary/aromatic N) is 4. The molecule has 5 rings (SSSR count). The number of hydrogen-bond donors (Lipinski definition) is 0. The fourth-order valence-corrected chi connectivity index (χ4v) is 6.05. The van der Waals surface area contributed by atoms with Gasteiger partial charge in [-0.2, -0.15) is 10.5 Å². The van der Waals surface area contributed by atoms with Crippen LogP contribution in [-0.2, 0) is 21.3 Å². The van der Waals surface area contributed by atoms with Crippen molar-refractivity contribution in [3.8, 4) is 12.1 Å². The number of carbonyl (C=O) groups is 3.